The van der Waals surface area contributed by atoms with Gasteiger partial charge in [0.25, 0.3) is 5.91 Å². The number of nitrogens with zero attached hydrogens (tertiary/aromatic N) is 2. The average Bonchev–Trinajstić information content (AvgIpc) is 2.84. The molecule has 1 unspecified atom stereocenters. The Hall–Kier alpha value is -4.26. The maximum Gasteiger partial charge on any atom is 0.258 e. The summed E-state index contributed by atoms with van der Waals surface area (Å²) < 4.78 is 0. The van der Waals surface area contributed by atoms with Crippen LogP contribution in [0.15, 0.2) is 83.0 Å². The third kappa shape index (κ3) is 4.82. The van der Waals surface area contributed by atoms with Crippen LogP contribution in [0.4, 0.5) is 11.4 Å². The van der Waals surface area contributed by atoms with Gasteiger partial charge in [0.2, 0.25) is 6.04 Å². The molecule has 1 aliphatic carbocycles. The van der Waals surface area contributed by atoms with E-state index in [9.17, 15) is 19.2 Å². The molecule has 0 saturated carbocycles. The largest absolute Gasteiger partial charge is 0.324 e. The van der Waals surface area contributed by atoms with Crippen molar-refractivity contribution in [3.8, 4) is 0 Å². The standard InChI is InChI=1S/C24H17N3O4.C2H6/c1-14(28)21(24(31)25-15-8-3-2-4-9-15)27-26-19-13-7-12-18-20(19)23(30)17-11-6-5-10-16(17)22(18)29;1-2/h2-13,21H,1H3,(H,25,31);1-2H3. The summed E-state index contributed by atoms with van der Waals surface area (Å²) in [5, 5.41) is 10.6. The molecule has 0 fully saturated rings. The highest BCUT2D eigenvalue weighted by Crippen LogP contribution is 2.33. The highest BCUT2D eigenvalue weighted by Gasteiger charge is 2.31. The van der Waals surface area contributed by atoms with Crippen molar-refractivity contribution in [2.24, 2.45) is 10.2 Å². The van der Waals surface area contributed by atoms with Gasteiger partial charge in [-0.05, 0) is 25.1 Å². The van der Waals surface area contributed by atoms with E-state index in [1.165, 1.54) is 13.0 Å². The van der Waals surface area contributed by atoms with Crippen molar-refractivity contribution in [2.75, 3.05) is 5.32 Å². The van der Waals surface area contributed by atoms with Crippen molar-refractivity contribution in [2.45, 2.75) is 26.8 Å². The molecular formula is C26H23N3O4. The van der Waals surface area contributed by atoms with Crippen LogP contribution < -0.4 is 5.32 Å². The van der Waals surface area contributed by atoms with Crippen molar-refractivity contribution in [1.29, 1.82) is 0 Å². The van der Waals surface area contributed by atoms with Gasteiger partial charge in [-0.1, -0.05) is 68.4 Å². The van der Waals surface area contributed by atoms with E-state index in [-0.39, 0.29) is 33.9 Å². The van der Waals surface area contributed by atoms with Gasteiger partial charge in [0.15, 0.2) is 17.3 Å². The van der Waals surface area contributed by atoms with Gasteiger partial charge in [0.1, 0.15) is 0 Å². The average molecular weight is 441 g/mol. The third-order valence-electron chi connectivity index (χ3n) is 4.89. The summed E-state index contributed by atoms with van der Waals surface area (Å²) in [7, 11) is 0. The lowest BCUT2D eigenvalue weighted by Gasteiger charge is -2.18. The summed E-state index contributed by atoms with van der Waals surface area (Å²) in [5.74, 6) is -1.78. The van der Waals surface area contributed by atoms with Crippen LogP contribution in [0.3, 0.4) is 0 Å². The number of fused-ring (bicyclic) bond motifs is 2. The third-order valence-corrected chi connectivity index (χ3v) is 4.89. The molecule has 3 aromatic rings. The number of anilines is 1. The van der Waals surface area contributed by atoms with Crippen molar-refractivity contribution >= 4 is 34.6 Å². The number of carbonyl (C=O) groups excluding carboxylic acids is 4. The molecule has 1 atom stereocenters. The van der Waals surface area contributed by atoms with E-state index in [1.54, 1.807) is 66.7 Å². The molecule has 166 valence electrons. The van der Waals surface area contributed by atoms with Crippen molar-refractivity contribution < 1.29 is 19.2 Å². The minimum atomic E-state index is -1.39. The minimum Gasteiger partial charge on any atom is -0.324 e. The molecule has 4 rings (SSSR count). The van der Waals surface area contributed by atoms with Gasteiger partial charge in [-0.2, -0.15) is 10.2 Å². The quantitative estimate of drug-likeness (QED) is 0.341. The number of Topliss-reactive ketones (excluding diaryl/α,β-unsaturated/α-hetero) is 1. The molecule has 0 bridgehead atoms. The van der Waals surface area contributed by atoms with Crippen LogP contribution in [0.2, 0.25) is 0 Å². The molecule has 0 aliphatic heterocycles. The lowest BCUT2D eigenvalue weighted by atomic mass is 9.83. The van der Waals surface area contributed by atoms with Gasteiger partial charge in [0.05, 0.1) is 11.3 Å². The molecule has 0 heterocycles. The van der Waals surface area contributed by atoms with Crippen LogP contribution in [-0.4, -0.2) is 29.3 Å². The number of benzene rings is 3. The molecule has 0 spiro atoms. The van der Waals surface area contributed by atoms with E-state index in [0.717, 1.165) is 0 Å². The van der Waals surface area contributed by atoms with Gasteiger partial charge < -0.3 is 5.32 Å². The highest BCUT2D eigenvalue weighted by atomic mass is 16.2. The molecule has 7 nitrogen and oxygen atoms in total. The number of para-hydroxylation sites is 1. The summed E-state index contributed by atoms with van der Waals surface area (Å²) in [4.78, 5) is 50.4. The van der Waals surface area contributed by atoms with E-state index in [4.69, 9.17) is 0 Å². The fraction of sp³-hybridized carbons (Fsp3) is 0.154. The fourth-order valence-corrected chi connectivity index (χ4v) is 3.38. The Kier molecular flexibility index (Phi) is 7.35. The lowest BCUT2D eigenvalue weighted by molar-refractivity contribution is -0.126. The number of hydrogen-bond donors (Lipinski definition) is 1. The smallest absolute Gasteiger partial charge is 0.258 e. The Morgan fingerprint density at radius 3 is 1.97 bits per heavy atom. The van der Waals surface area contributed by atoms with Gasteiger partial charge in [0, 0.05) is 22.4 Å². The zero-order valence-electron chi connectivity index (χ0n) is 18.5. The molecule has 1 amide bonds. The fourth-order valence-electron chi connectivity index (χ4n) is 3.38. The van der Waals surface area contributed by atoms with Crippen molar-refractivity contribution in [3.63, 3.8) is 0 Å². The molecule has 7 heteroatoms. The van der Waals surface area contributed by atoms with Crippen LogP contribution in [-0.2, 0) is 9.59 Å². The van der Waals surface area contributed by atoms with Crippen LogP contribution in [0.25, 0.3) is 0 Å². The Morgan fingerprint density at radius 2 is 1.33 bits per heavy atom. The molecule has 3 aromatic carbocycles. The first-order valence-electron chi connectivity index (χ1n) is 10.6. The van der Waals surface area contributed by atoms with Crippen LogP contribution in [0.5, 0.6) is 0 Å². The first-order valence-corrected chi connectivity index (χ1v) is 10.6. The molecule has 1 aliphatic rings. The number of carbonyl (C=O) groups is 4. The van der Waals surface area contributed by atoms with Crippen LogP contribution in [0.1, 0.15) is 52.6 Å². The number of azo groups is 1. The van der Waals surface area contributed by atoms with E-state index in [0.29, 0.717) is 11.3 Å². The highest BCUT2D eigenvalue weighted by molar-refractivity contribution is 6.30. The Morgan fingerprint density at radius 1 is 0.758 bits per heavy atom. The molecule has 0 saturated heterocycles. The molecule has 33 heavy (non-hydrogen) atoms. The van der Waals surface area contributed by atoms with E-state index in [1.807, 2.05) is 13.8 Å². The second kappa shape index (κ2) is 10.4. The summed E-state index contributed by atoms with van der Waals surface area (Å²) in [5.41, 5.74) is 1.59. The van der Waals surface area contributed by atoms with E-state index < -0.39 is 17.7 Å². The summed E-state index contributed by atoms with van der Waals surface area (Å²) in [6.07, 6.45) is 0. The van der Waals surface area contributed by atoms with Crippen LogP contribution in [0, 0.1) is 0 Å². The molecule has 0 aromatic heterocycles. The Bertz CT molecular complexity index is 1250. The monoisotopic (exact) mass is 441 g/mol. The zero-order chi connectivity index (χ0) is 24.0. The van der Waals surface area contributed by atoms with Crippen molar-refractivity contribution in [1.82, 2.24) is 0 Å². The normalized spacial score (nSPS) is 12.8. The number of rotatable bonds is 5. The number of hydrogen-bond acceptors (Lipinski definition) is 6. The maximum atomic E-state index is 13.0. The first-order chi connectivity index (χ1) is 16.0. The second-order valence-electron chi connectivity index (χ2n) is 6.99. The minimum absolute atomic E-state index is 0.112. The number of amides is 1. The predicted molar refractivity (Wildman–Crippen MR) is 125 cm³/mol. The molecule has 0 radical (unpaired) electrons. The Balaban J connectivity index is 0.00000149. The lowest BCUT2D eigenvalue weighted by Crippen LogP contribution is -2.31. The number of ketones is 3. The van der Waals surface area contributed by atoms with Gasteiger partial charge in [-0.15, -0.1) is 0 Å². The predicted octanol–water partition coefficient (Wildman–Crippen LogP) is 5.17. The first kappa shape index (κ1) is 23.4. The topological polar surface area (TPSA) is 105 Å². The molecule has 1 N–H and O–H groups in total. The summed E-state index contributed by atoms with van der Waals surface area (Å²) in [6.45, 7) is 5.24. The van der Waals surface area contributed by atoms with E-state index >= 15 is 0 Å². The summed E-state index contributed by atoms with van der Waals surface area (Å²) in [6, 6.07) is 18.5. The van der Waals surface area contributed by atoms with Crippen LogP contribution >= 0.6 is 0 Å². The van der Waals surface area contributed by atoms with Gasteiger partial charge in [-0.3, -0.25) is 19.2 Å². The van der Waals surface area contributed by atoms with Crippen molar-refractivity contribution in [3.05, 3.63) is 95.1 Å². The summed E-state index contributed by atoms with van der Waals surface area (Å²) >= 11 is 0. The zero-order valence-corrected chi connectivity index (χ0v) is 18.5. The van der Waals surface area contributed by atoms with Gasteiger partial charge >= 0.3 is 0 Å². The van der Waals surface area contributed by atoms with Gasteiger partial charge in [-0.25, -0.2) is 0 Å². The van der Waals surface area contributed by atoms with E-state index in [2.05, 4.69) is 15.5 Å². The second-order valence-corrected chi connectivity index (χ2v) is 6.99. The Labute approximate surface area is 191 Å². The SMILES string of the molecule is CC.CC(=O)C(N=Nc1cccc2c1C(=O)c1ccccc1C2=O)C(=O)Nc1ccccc1. The maximum absolute atomic E-state index is 13.0. The molecular weight excluding hydrogens is 418 g/mol. The number of nitrogens with one attached hydrogen (secondary N) is 1.